The Bertz CT molecular complexity index is 2740. The summed E-state index contributed by atoms with van der Waals surface area (Å²) in [5.74, 6) is 0.641. The molecule has 0 unspecified atom stereocenters. The topological polar surface area (TPSA) is 29.3 Å². The van der Waals surface area contributed by atoms with Gasteiger partial charge < -0.3 is 9.32 Å². The standard InChI is InChI=1S/C46H32N2O/c1-46(2)40-27-32-14-10-9-13-31(32)26-39(40)38-23-21-36(28-41(38)46)48(34-15-7-4-8-16-34)35-20-22-37-33(25-35)18-17-29-19-24-42-44(43(29)37)49-45(47-42)30-11-5-3-6-12-30/h3-28H,1-2H3. The van der Waals surface area contributed by atoms with E-state index in [0.717, 1.165) is 55.3 Å². The highest BCUT2D eigenvalue weighted by Crippen LogP contribution is 2.52. The summed E-state index contributed by atoms with van der Waals surface area (Å²) in [6.45, 7) is 4.72. The largest absolute Gasteiger partial charge is 0.435 e. The first-order chi connectivity index (χ1) is 24.0. The average molecular weight is 629 g/mol. The Morgan fingerprint density at radius 3 is 1.98 bits per heavy atom. The smallest absolute Gasteiger partial charge is 0.227 e. The zero-order valence-corrected chi connectivity index (χ0v) is 27.3. The SMILES string of the molecule is CC1(C)c2cc(N(c3ccccc3)c3ccc4c(ccc5ccc6nc(-c7ccccc7)oc6c54)c3)ccc2-c2cc3ccccc3cc21. The van der Waals surface area contributed by atoms with Crippen LogP contribution in [0.4, 0.5) is 17.1 Å². The molecule has 0 radical (unpaired) electrons. The molecule has 10 rings (SSSR count). The third-order valence-electron chi connectivity index (χ3n) is 10.4. The van der Waals surface area contributed by atoms with Crippen LogP contribution in [-0.2, 0) is 5.41 Å². The van der Waals surface area contributed by atoms with E-state index in [0.29, 0.717) is 5.89 Å². The molecule has 0 atom stereocenters. The normalized spacial score (nSPS) is 13.3. The number of hydrogen-bond donors (Lipinski definition) is 0. The lowest BCUT2D eigenvalue weighted by molar-refractivity contribution is 0.623. The minimum Gasteiger partial charge on any atom is -0.435 e. The fraction of sp³-hybridized carbons (Fsp3) is 0.0652. The van der Waals surface area contributed by atoms with Crippen LogP contribution in [0.2, 0.25) is 0 Å². The fourth-order valence-corrected chi connectivity index (χ4v) is 7.94. The van der Waals surface area contributed by atoms with Crippen molar-refractivity contribution in [2.45, 2.75) is 19.3 Å². The van der Waals surface area contributed by atoms with Crippen molar-refractivity contribution in [1.29, 1.82) is 0 Å². The summed E-state index contributed by atoms with van der Waals surface area (Å²) in [6.07, 6.45) is 0. The van der Waals surface area contributed by atoms with Crippen LogP contribution in [0, 0.1) is 0 Å². The molecule has 3 heteroatoms. The lowest BCUT2D eigenvalue weighted by Gasteiger charge is -2.28. The molecule has 0 fully saturated rings. The molecule has 0 amide bonds. The van der Waals surface area contributed by atoms with Gasteiger partial charge in [0, 0.05) is 33.4 Å². The lowest BCUT2D eigenvalue weighted by Crippen LogP contribution is -2.16. The Morgan fingerprint density at radius 1 is 0.510 bits per heavy atom. The fourth-order valence-electron chi connectivity index (χ4n) is 7.94. The van der Waals surface area contributed by atoms with Gasteiger partial charge in [0.05, 0.1) is 0 Å². The van der Waals surface area contributed by atoms with E-state index in [1.165, 1.54) is 33.0 Å². The van der Waals surface area contributed by atoms with E-state index in [2.05, 4.69) is 146 Å². The molecule has 1 aliphatic carbocycles. The molecule has 49 heavy (non-hydrogen) atoms. The predicted octanol–water partition coefficient (Wildman–Crippen LogP) is 12.7. The van der Waals surface area contributed by atoms with Crippen molar-refractivity contribution < 1.29 is 4.42 Å². The highest BCUT2D eigenvalue weighted by Gasteiger charge is 2.36. The minimum atomic E-state index is -0.129. The van der Waals surface area contributed by atoms with Crippen molar-refractivity contribution >= 4 is 60.5 Å². The Labute approximate surface area is 284 Å². The molecule has 1 heterocycles. The predicted molar refractivity (Wildman–Crippen MR) is 204 cm³/mol. The van der Waals surface area contributed by atoms with Crippen LogP contribution in [-0.4, -0.2) is 4.98 Å². The molecule has 1 aliphatic rings. The first kappa shape index (κ1) is 27.9. The number of rotatable bonds is 4. The Kier molecular flexibility index (Phi) is 5.92. The van der Waals surface area contributed by atoms with Crippen molar-refractivity contribution in [1.82, 2.24) is 4.98 Å². The van der Waals surface area contributed by atoms with Crippen LogP contribution in [0.3, 0.4) is 0 Å². The number of oxazole rings is 1. The van der Waals surface area contributed by atoms with Gasteiger partial charge in [-0.3, -0.25) is 0 Å². The second-order valence-electron chi connectivity index (χ2n) is 13.6. The summed E-state index contributed by atoms with van der Waals surface area (Å²) in [5, 5.41) is 7.09. The average Bonchev–Trinajstić information content (AvgIpc) is 3.68. The number of nitrogens with zero attached hydrogens (tertiary/aromatic N) is 2. The summed E-state index contributed by atoms with van der Waals surface area (Å²) in [5.41, 5.74) is 11.3. The van der Waals surface area contributed by atoms with Gasteiger partial charge in [-0.2, -0.15) is 0 Å². The number of fused-ring (bicyclic) bond motifs is 9. The van der Waals surface area contributed by atoms with E-state index in [4.69, 9.17) is 9.40 Å². The molecular formula is C46H32N2O. The molecule has 0 aliphatic heterocycles. The summed E-state index contributed by atoms with van der Waals surface area (Å²) < 4.78 is 6.48. The molecule has 8 aromatic carbocycles. The van der Waals surface area contributed by atoms with Gasteiger partial charge in [0.25, 0.3) is 0 Å². The van der Waals surface area contributed by atoms with Gasteiger partial charge >= 0.3 is 0 Å². The minimum absolute atomic E-state index is 0.129. The van der Waals surface area contributed by atoms with E-state index in [1.807, 2.05) is 30.3 Å². The zero-order valence-electron chi connectivity index (χ0n) is 27.3. The second-order valence-corrected chi connectivity index (χ2v) is 13.6. The summed E-state index contributed by atoms with van der Waals surface area (Å²) in [6, 6.07) is 56.6. The molecule has 1 aromatic heterocycles. The highest BCUT2D eigenvalue weighted by molar-refractivity contribution is 6.18. The van der Waals surface area contributed by atoms with Crippen molar-refractivity contribution in [3.8, 4) is 22.6 Å². The lowest BCUT2D eigenvalue weighted by atomic mass is 9.81. The van der Waals surface area contributed by atoms with Gasteiger partial charge in [-0.15, -0.1) is 0 Å². The van der Waals surface area contributed by atoms with Gasteiger partial charge in [0.1, 0.15) is 5.52 Å². The first-order valence-corrected chi connectivity index (χ1v) is 16.9. The zero-order chi connectivity index (χ0) is 32.7. The van der Waals surface area contributed by atoms with E-state index >= 15 is 0 Å². The quantitative estimate of drug-likeness (QED) is 0.182. The molecule has 9 aromatic rings. The van der Waals surface area contributed by atoms with Crippen molar-refractivity contribution in [3.05, 3.63) is 169 Å². The Hall–Kier alpha value is -6.19. The molecule has 0 saturated heterocycles. The van der Waals surface area contributed by atoms with Crippen molar-refractivity contribution in [3.63, 3.8) is 0 Å². The van der Waals surface area contributed by atoms with Gasteiger partial charge in [0.15, 0.2) is 5.58 Å². The Morgan fingerprint density at radius 2 is 1.16 bits per heavy atom. The van der Waals surface area contributed by atoms with Crippen molar-refractivity contribution in [2.24, 2.45) is 0 Å². The molecule has 3 nitrogen and oxygen atoms in total. The monoisotopic (exact) mass is 628 g/mol. The van der Waals surface area contributed by atoms with Crippen molar-refractivity contribution in [2.75, 3.05) is 4.90 Å². The molecule has 0 spiro atoms. The van der Waals surface area contributed by atoms with Crippen LogP contribution in [0.1, 0.15) is 25.0 Å². The number of anilines is 3. The van der Waals surface area contributed by atoms with Gasteiger partial charge in [0.2, 0.25) is 5.89 Å². The van der Waals surface area contributed by atoms with Gasteiger partial charge in [-0.1, -0.05) is 105 Å². The number of benzene rings is 8. The maximum atomic E-state index is 6.48. The van der Waals surface area contributed by atoms with E-state index < -0.39 is 0 Å². The van der Waals surface area contributed by atoms with Crippen LogP contribution in [0.25, 0.3) is 66.0 Å². The molecule has 232 valence electrons. The third kappa shape index (κ3) is 4.25. The number of aromatic nitrogens is 1. The molecule has 0 bridgehead atoms. The van der Waals surface area contributed by atoms with Crippen LogP contribution in [0.5, 0.6) is 0 Å². The number of hydrogen-bond acceptors (Lipinski definition) is 3. The maximum Gasteiger partial charge on any atom is 0.227 e. The number of para-hydroxylation sites is 1. The van der Waals surface area contributed by atoms with E-state index in [9.17, 15) is 0 Å². The van der Waals surface area contributed by atoms with Crippen LogP contribution in [0.15, 0.2) is 162 Å². The third-order valence-corrected chi connectivity index (χ3v) is 10.4. The first-order valence-electron chi connectivity index (χ1n) is 16.9. The molecular weight excluding hydrogens is 597 g/mol. The molecule has 0 N–H and O–H groups in total. The highest BCUT2D eigenvalue weighted by atomic mass is 16.3. The second kappa shape index (κ2) is 10.4. The summed E-state index contributed by atoms with van der Waals surface area (Å²) in [7, 11) is 0. The van der Waals surface area contributed by atoms with Crippen LogP contribution < -0.4 is 4.90 Å². The van der Waals surface area contributed by atoms with Gasteiger partial charge in [-0.25, -0.2) is 4.98 Å². The van der Waals surface area contributed by atoms with Gasteiger partial charge in [-0.05, 0) is 116 Å². The Balaban J connectivity index is 1.13. The van der Waals surface area contributed by atoms with E-state index in [1.54, 1.807) is 0 Å². The molecule has 0 saturated carbocycles. The maximum absolute atomic E-state index is 6.48. The van der Waals surface area contributed by atoms with E-state index in [-0.39, 0.29) is 5.41 Å². The summed E-state index contributed by atoms with van der Waals surface area (Å²) >= 11 is 0. The summed E-state index contributed by atoms with van der Waals surface area (Å²) in [4.78, 5) is 7.24. The van der Waals surface area contributed by atoms with Crippen LogP contribution >= 0.6 is 0 Å².